The number of rotatable bonds is 2. The third-order valence-corrected chi connectivity index (χ3v) is 3.74. The Kier molecular flexibility index (Phi) is 2.53. The van der Waals surface area contributed by atoms with Crippen molar-refractivity contribution >= 4 is 31.1 Å². The van der Waals surface area contributed by atoms with Gasteiger partial charge >= 0.3 is 0 Å². The zero-order valence-electron chi connectivity index (χ0n) is 7.56. The maximum Gasteiger partial charge on any atom is 0.296 e. The lowest BCUT2D eigenvalue weighted by Crippen LogP contribution is -1.92. The molecule has 0 saturated heterocycles. The molecule has 0 saturated carbocycles. The molecule has 8 heteroatoms. The smallest absolute Gasteiger partial charge is 0.248 e. The van der Waals surface area contributed by atoms with Gasteiger partial charge in [-0.25, -0.2) is 13.5 Å². The Hall–Kier alpha value is -0.920. The van der Waals surface area contributed by atoms with Gasteiger partial charge < -0.3 is 0 Å². The highest BCUT2D eigenvalue weighted by molar-refractivity contribution is 8.13. The number of aromatic amines is 1. The van der Waals surface area contributed by atoms with Gasteiger partial charge in [-0.2, -0.15) is 21.4 Å². The number of aromatic nitrogens is 3. The largest absolute Gasteiger partial charge is 0.296 e. The number of hydrogen-bond acceptors (Lipinski definition) is 5. The molecule has 2 rings (SSSR count). The highest BCUT2D eigenvalue weighted by Crippen LogP contribution is 2.24. The molecule has 15 heavy (non-hydrogen) atoms. The summed E-state index contributed by atoms with van der Waals surface area (Å²) >= 11 is 1.50. The lowest BCUT2D eigenvalue weighted by atomic mass is 10.2. The van der Waals surface area contributed by atoms with Crippen LogP contribution in [0.1, 0.15) is 5.56 Å². The molecule has 2 aromatic rings. The van der Waals surface area contributed by atoms with E-state index in [2.05, 4.69) is 15.2 Å². The van der Waals surface area contributed by atoms with Crippen LogP contribution in [0, 0.1) is 6.92 Å². The van der Waals surface area contributed by atoms with E-state index in [9.17, 15) is 8.42 Å². The van der Waals surface area contributed by atoms with E-state index in [0.717, 1.165) is 11.1 Å². The molecule has 0 aliphatic carbocycles. The van der Waals surface area contributed by atoms with Crippen molar-refractivity contribution < 1.29 is 8.42 Å². The van der Waals surface area contributed by atoms with E-state index < -0.39 is 9.05 Å². The van der Waals surface area contributed by atoms with Crippen molar-refractivity contribution in [2.45, 2.75) is 12.1 Å². The monoisotopic (exact) mass is 263 g/mol. The second kappa shape index (κ2) is 3.58. The molecule has 0 bridgehead atoms. The fourth-order valence-electron chi connectivity index (χ4n) is 1.07. The van der Waals surface area contributed by atoms with E-state index in [4.69, 9.17) is 10.7 Å². The van der Waals surface area contributed by atoms with Crippen LogP contribution in [0.25, 0.3) is 11.4 Å². The zero-order valence-corrected chi connectivity index (χ0v) is 9.95. The van der Waals surface area contributed by atoms with Gasteiger partial charge in [-0.05, 0) is 17.9 Å². The van der Waals surface area contributed by atoms with Crippen molar-refractivity contribution in [2.75, 3.05) is 0 Å². The van der Waals surface area contributed by atoms with E-state index in [1.54, 1.807) is 0 Å². The van der Waals surface area contributed by atoms with E-state index in [1.807, 2.05) is 17.7 Å². The van der Waals surface area contributed by atoms with E-state index in [1.165, 1.54) is 11.3 Å². The Labute approximate surface area is 94.5 Å². The first-order chi connectivity index (χ1) is 6.98. The summed E-state index contributed by atoms with van der Waals surface area (Å²) in [5.41, 5.74) is 1.81. The van der Waals surface area contributed by atoms with Gasteiger partial charge in [-0.15, -0.1) is 0 Å². The summed E-state index contributed by atoms with van der Waals surface area (Å²) in [7, 11) is 1.27. The topological polar surface area (TPSA) is 75.7 Å². The van der Waals surface area contributed by atoms with Crippen LogP contribution in [0.4, 0.5) is 0 Å². The molecule has 0 amide bonds. The molecule has 0 fully saturated rings. The Morgan fingerprint density at radius 3 is 2.67 bits per heavy atom. The second-order valence-electron chi connectivity index (χ2n) is 2.87. The number of thiophene rings is 1. The van der Waals surface area contributed by atoms with Crippen LogP contribution in [0.5, 0.6) is 0 Å². The van der Waals surface area contributed by atoms with Crippen LogP contribution in [-0.4, -0.2) is 23.6 Å². The maximum absolute atomic E-state index is 10.9. The Morgan fingerprint density at radius 1 is 1.47 bits per heavy atom. The summed E-state index contributed by atoms with van der Waals surface area (Å²) in [4.78, 5) is 3.80. The summed E-state index contributed by atoms with van der Waals surface area (Å²) in [6.07, 6.45) is 0. The van der Waals surface area contributed by atoms with Crippen LogP contribution < -0.4 is 0 Å². The number of nitrogens with zero attached hydrogens (tertiary/aromatic N) is 2. The number of halogens is 1. The zero-order chi connectivity index (χ0) is 11.1. The van der Waals surface area contributed by atoms with Gasteiger partial charge in [0.25, 0.3) is 14.2 Å². The van der Waals surface area contributed by atoms with E-state index >= 15 is 0 Å². The van der Waals surface area contributed by atoms with Crippen LogP contribution >= 0.6 is 22.0 Å². The molecular weight excluding hydrogens is 258 g/mol. The van der Waals surface area contributed by atoms with Crippen LogP contribution in [-0.2, 0) is 9.05 Å². The molecule has 0 aliphatic rings. The van der Waals surface area contributed by atoms with Crippen molar-refractivity contribution in [1.29, 1.82) is 0 Å². The first-order valence-corrected chi connectivity index (χ1v) is 7.14. The van der Waals surface area contributed by atoms with Crippen molar-refractivity contribution in [3.05, 3.63) is 16.3 Å². The molecule has 1 N–H and O–H groups in total. The summed E-state index contributed by atoms with van der Waals surface area (Å²) in [6, 6.07) is 0. The third kappa shape index (κ3) is 2.04. The molecule has 5 nitrogen and oxygen atoms in total. The lowest BCUT2D eigenvalue weighted by Gasteiger charge is -1.89. The highest BCUT2D eigenvalue weighted by Gasteiger charge is 2.17. The fourth-order valence-corrected chi connectivity index (χ4v) is 2.45. The summed E-state index contributed by atoms with van der Waals surface area (Å²) in [5.74, 6) is 0.341. The minimum absolute atomic E-state index is 0.329. The molecule has 0 aliphatic heterocycles. The quantitative estimate of drug-likeness (QED) is 0.838. The van der Waals surface area contributed by atoms with E-state index in [-0.39, 0.29) is 5.16 Å². The van der Waals surface area contributed by atoms with Crippen molar-refractivity contribution in [2.24, 2.45) is 0 Å². The Balaban J connectivity index is 2.50. The molecule has 0 aromatic carbocycles. The molecule has 80 valence electrons. The molecule has 2 aromatic heterocycles. The van der Waals surface area contributed by atoms with Crippen LogP contribution in [0.3, 0.4) is 0 Å². The maximum atomic E-state index is 10.9. The minimum atomic E-state index is -3.84. The predicted molar refractivity (Wildman–Crippen MR) is 57.5 cm³/mol. The normalized spacial score (nSPS) is 11.9. The molecule has 2 heterocycles. The van der Waals surface area contributed by atoms with Gasteiger partial charge in [0, 0.05) is 21.6 Å². The van der Waals surface area contributed by atoms with Crippen LogP contribution in [0.15, 0.2) is 15.9 Å². The average Bonchev–Trinajstić information content (AvgIpc) is 2.69. The number of H-pyrrole nitrogens is 1. The fraction of sp³-hybridized carbons (Fsp3) is 0.143. The summed E-state index contributed by atoms with van der Waals surface area (Å²) < 4.78 is 21.9. The van der Waals surface area contributed by atoms with Crippen LogP contribution in [0.2, 0.25) is 0 Å². The molecule has 0 radical (unpaired) electrons. The summed E-state index contributed by atoms with van der Waals surface area (Å²) in [5, 5.41) is 9.53. The van der Waals surface area contributed by atoms with Gasteiger partial charge in [0.2, 0.25) is 0 Å². The highest BCUT2D eigenvalue weighted by atomic mass is 35.7. The molecule has 0 spiro atoms. The van der Waals surface area contributed by atoms with Gasteiger partial charge in [0.05, 0.1) is 0 Å². The summed E-state index contributed by atoms with van der Waals surface area (Å²) in [6.45, 7) is 1.90. The Bertz CT molecular complexity index is 587. The molecular formula is C7H6ClN3O2S2. The second-order valence-corrected chi connectivity index (χ2v) is 6.10. The number of nitrogens with one attached hydrogen (secondary N) is 1. The van der Waals surface area contributed by atoms with Gasteiger partial charge in [0.15, 0.2) is 5.82 Å². The standard InChI is InChI=1S/C7H6ClN3O2S2/c1-4-2-14-3-5(4)6-9-7(11-10-6)15(8,12)13/h2-3H,1H3,(H,9,10,11). The Morgan fingerprint density at radius 2 is 2.20 bits per heavy atom. The lowest BCUT2D eigenvalue weighted by molar-refractivity contribution is 0.602. The third-order valence-electron chi connectivity index (χ3n) is 1.79. The molecule has 0 atom stereocenters. The van der Waals surface area contributed by atoms with Gasteiger partial charge in [-0.3, -0.25) is 0 Å². The van der Waals surface area contributed by atoms with Gasteiger partial charge in [0.1, 0.15) is 0 Å². The predicted octanol–water partition coefficient (Wildman–Crippen LogP) is 1.77. The first-order valence-electron chi connectivity index (χ1n) is 3.88. The molecule has 0 unspecified atom stereocenters. The van der Waals surface area contributed by atoms with E-state index in [0.29, 0.717) is 5.82 Å². The SMILES string of the molecule is Cc1cscc1-c1n[nH]c(S(=O)(=O)Cl)n1. The number of aryl methyl sites for hydroxylation is 1. The minimum Gasteiger partial charge on any atom is -0.248 e. The first kappa shape index (κ1) is 10.6. The average molecular weight is 264 g/mol. The van der Waals surface area contributed by atoms with Crippen molar-refractivity contribution in [3.63, 3.8) is 0 Å². The van der Waals surface area contributed by atoms with Gasteiger partial charge in [-0.1, -0.05) is 0 Å². The van der Waals surface area contributed by atoms with Crippen molar-refractivity contribution in [1.82, 2.24) is 15.2 Å². The van der Waals surface area contributed by atoms with Crippen molar-refractivity contribution in [3.8, 4) is 11.4 Å². The number of hydrogen-bond donors (Lipinski definition) is 1.